The molecule has 5 rings (SSSR count). The molecule has 15 nitrogen and oxygen atoms in total. The van der Waals surface area contributed by atoms with Gasteiger partial charge in [-0.3, -0.25) is 33.9 Å². The molecular formula is C28H25N5O10S. The predicted octanol–water partition coefficient (Wildman–Crippen LogP) is 0.376. The Kier molecular flexibility index (Phi) is 8.12. The van der Waals surface area contributed by atoms with Gasteiger partial charge in [0, 0.05) is 37.8 Å². The Hall–Kier alpha value is -5.22. The number of aromatic hydroxyl groups is 1. The number of hydrogen-bond donors (Lipinski definition) is 5. The Morgan fingerprint density at radius 1 is 1.20 bits per heavy atom. The summed E-state index contributed by atoms with van der Waals surface area (Å²) in [6.07, 6.45) is 2.58. The number of nitrogens with zero attached hydrogens (tertiary/aromatic N) is 2. The van der Waals surface area contributed by atoms with Gasteiger partial charge in [-0.1, -0.05) is 12.1 Å². The van der Waals surface area contributed by atoms with Gasteiger partial charge in [0.1, 0.15) is 40.5 Å². The highest BCUT2D eigenvalue weighted by molar-refractivity contribution is 8.00. The van der Waals surface area contributed by atoms with Crippen molar-refractivity contribution in [2.24, 2.45) is 0 Å². The maximum Gasteiger partial charge on any atom is 0.352 e. The number of benzene rings is 1. The van der Waals surface area contributed by atoms with E-state index in [1.165, 1.54) is 36.7 Å². The molecule has 0 bridgehead atoms. The lowest BCUT2D eigenvalue weighted by atomic mass is 9.96. The van der Waals surface area contributed by atoms with E-state index in [0.717, 1.165) is 30.7 Å². The van der Waals surface area contributed by atoms with Crippen LogP contribution in [-0.4, -0.2) is 85.3 Å². The molecule has 1 unspecified atom stereocenters. The van der Waals surface area contributed by atoms with Crippen molar-refractivity contribution in [3.8, 4) is 5.75 Å². The first-order chi connectivity index (χ1) is 21.0. The number of fused-ring (bicyclic) bond motifs is 2. The standard InChI is InChI=1S/C28H25N5O10S/c1-13(34)43-11-15-12-44-27-28(42-2,26(41)33(27)21(15)25(39)40)32-24(38)19(14-5-7-16(35)8-6-14)31-23(37)17-10-30-18-4-3-9-29-20(18)22(17)36/h3-10,19,27,35H,11-12H2,1-2H3,(H,30,36)(H,31,37)(H,32,38)(H,39,40)/t19?,27-,28-/m0/s1. The number of carboxylic acids is 1. The summed E-state index contributed by atoms with van der Waals surface area (Å²) < 4.78 is 10.4. The Balaban J connectivity index is 1.45. The number of esters is 1. The van der Waals surface area contributed by atoms with Gasteiger partial charge < -0.3 is 35.3 Å². The van der Waals surface area contributed by atoms with Crippen molar-refractivity contribution in [1.82, 2.24) is 25.5 Å². The van der Waals surface area contributed by atoms with E-state index in [4.69, 9.17) is 9.47 Å². The van der Waals surface area contributed by atoms with Crippen molar-refractivity contribution < 1.29 is 43.7 Å². The molecule has 0 radical (unpaired) electrons. The fourth-order valence-electron chi connectivity index (χ4n) is 4.89. The molecule has 228 valence electrons. The number of ether oxygens (including phenoxy) is 2. The van der Waals surface area contributed by atoms with E-state index in [-0.39, 0.29) is 40.3 Å². The Labute approximate surface area is 252 Å². The van der Waals surface area contributed by atoms with Crippen molar-refractivity contribution in [3.05, 3.63) is 81.4 Å². The van der Waals surface area contributed by atoms with E-state index in [9.17, 15) is 39.0 Å². The number of hydrogen-bond acceptors (Lipinski definition) is 11. The summed E-state index contributed by atoms with van der Waals surface area (Å²) in [5, 5.41) is 23.6. The van der Waals surface area contributed by atoms with Crippen LogP contribution in [0.4, 0.5) is 0 Å². The molecular weight excluding hydrogens is 598 g/mol. The van der Waals surface area contributed by atoms with Crippen LogP contribution < -0.4 is 16.1 Å². The molecule has 3 atom stereocenters. The van der Waals surface area contributed by atoms with Crippen molar-refractivity contribution in [1.29, 1.82) is 0 Å². The maximum absolute atomic E-state index is 13.8. The first kappa shape index (κ1) is 30.2. The van der Waals surface area contributed by atoms with E-state index < -0.39 is 57.9 Å². The third-order valence-electron chi connectivity index (χ3n) is 7.04. The third-order valence-corrected chi connectivity index (χ3v) is 8.41. The topological polar surface area (TPSA) is 217 Å². The summed E-state index contributed by atoms with van der Waals surface area (Å²) in [5.74, 6) is -4.92. The van der Waals surface area contributed by atoms with Gasteiger partial charge in [-0.2, -0.15) is 0 Å². The van der Waals surface area contributed by atoms with Gasteiger partial charge in [-0.25, -0.2) is 4.79 Å². The molecule has 5 N–H and O–H groups in total. The lowest BCUT2D eigenvalue weighted by molar-refractivity contribution is -0.193. The number of H-pyrrole nitrogens is 1. The number of aliphatic carboxylic acids is 1. The number of pyridine rings is 2. The highest BCUT2D eigenvalue weighted by atomic mass is 32.2. The molecule has 0 aliphatic carbocycles. The predicted molar refractivity (Wildman–Crippen MR) is 153 cm³/mol. The van der Waals surface area contributed by atoms with Gasteiger partial charge >= 0.3 is 11.9 Å². The average molecular weight is 624 g/mol. The van der Waals surface area contributed by atoms with Crippen LogP contribution in [0.5, 0.6) is 5.75 Å². The Morgan fingerprint density at radius 3 is 2.59 bits per heavy atom. The van der Waals surface area contributed by atoms with E-state index in [0.29, 0.717) is 5.52 Å². The van der Waals surface area contributed by atoms with Crippen LogP contribution >= 0.6 is 11.8 Å². The van der Waals surface area contributed by atoms with Crippen LogP contribution in [0.3, 0.4) is 0 Å². The maximum atomic E-state index is 13.8. The lowest BCUT2D eigenvalue weighted by Crippen LogP contribution is -2.81. The van der Waals surface area contributed by atoms with Crippen LogP contribution in [0.25, 0.3) is 11.0 Å². The molecule has 2 aliphatic heterocycles. The molecule has 1 saturated heterocycles. The number of β-lactam (4-membered cyclic amide) rings is 1. The van der Waals surface area contributed by atoms with Gasteiger partial charge in [0.2, 0.25) is 11.3 Å². The molecule has 3 amide bonds. The molecule has 4 heterocycles. The second-order valence-corrected chi connectivity index (χ2v) is 10.8. The minimum atomic E-state index is -2.03. The molecule has 3 aromatic rings. The smallest absolute Gasteiger partial charge is 0.352 e. The fourth-order valence-corrected chi connectivity index (χ4v) is 6.31. The number of methoxy groups -OCH3 is 1. The van der Waals surface area contributed by atoms with E-state index in [1.807, 2.05) is 0 Å². The van der Waals surface area contributed by atoms with E-state index >= 15 is 0 Å². The molecule has 44 heavy (non-hydrogen) atoms. The van der Waals surface area contributed by atoms with Crippen molar-refractivity contribution in [3.63, 3.8) is 0 Å². The van der Waals surface area contributed by atoms with Gasteiger partial charge in [0.05, 0.1) is 5.52 Å². The summed E-state index contributed by atoms with van der Waals surface area (Å²) in [4.78, 5) is 84.8. The van der Waals surface area contributed by atoms with Crippen LogP contribution in [-0.2, 0) is 28.7 Å². The number of carboxylic acid groups (broad SMARTS) is 1. The zero-order valence-electron chi connectivity index (χ0n) is 23.2. The van der Waals surface area contributed by atoms with Crippen molar-refractivity contribution in [2.45, 2.75) is 24.1 Å². The number of aromatic amines is 1. The van der Waals surface area contributed by atoms with Gasteiger partial charge in [0.15, 0.2) is 0 Å². The second kappa shape index (κ2) is 11.8. The van der Waals surface area contributed by atoms with Crippen molar-refractivity contribution in [2.75, 3.05) is 19.5 Å². The summed E-state index contributed by atoms with van der Waals surface area (Å²) in [7, 11) is 1.16. The number of thioether (sulfide) groups is 1. The van der Waals surface area contributed by atoms with Crippen molar-refractivity contribution >= 4 is 52.5 Å². The SMILES string of the molecule is CO[C@@]1(NC(=O)C(NC(=O)c2c[nH]c3cccnc3c2=O)c2ccc(O)cc2)C(=O)N2C(C(=O)O)=C(COC(C)=O)CS[C@H]21. The first-order valence-corrected chi connectivity index (χ1v) is 14.0. The average Bonchev–Trinajstić information content (AvgIpc) is 3.01. The number of nitrogens with one attached hydrogen (secondary N) is 3. The van der Waals surface area contributed by atoms with Crippen LogP contribution in [0.15, 0.2) is 64.9 Å². The molecule has 1 aromatic carbocycles. The quantitative estimate of drug-likeness (QED) is 0.124. The van der Waals surface area contributed by atoms with Crippen LogP contribution in [0.2, 0.25) is 0 Å². The number of phenols is 1. The molecule has 16 heteroatoms. The number of rotatable bonds is 9. The highest BCUT2D eigenvalue weighted by Gasteiger charge is 2.67. The number of phenolic OH excluding ortho intramolecular Hbond substituents is 1. The van der Waals surface area contributed by atoms with Crippen LogP contribution in [0.1, 0.15) is 28.9 Å². The van der Waals surface area contributed by atoms with Gasteiger partial charge in [0.25, 0.3) is 17.5 Å². The van der Waals surface area contributed by atoms with E-state index in [1.54, 1.807) is 12.1 Å². The summed E-state index contributed by atoms with van der Waals surface area (Å²) in [6.45, 7) is 0.821. The molecule has 0 spiro atoms. The zero-order chi connectivity index (χ0) is 31.8. The fraction of sp³-hybridized carbons (Fsp3) is 0.250. The number of aromatic nitrogens is 2. The largest absolute Gasteiger partial charge is 0.508 e. The van der Waals surface area contributed by atoms with Crippen LogP contribution in [0, 0.1) is 0 Å². The molecule has 2 aromatic heterocycles. The molecule has 1 fully saturated rings. The number of carbonyl (C=O) groups is 5. The Bertz CT molecular complexity index is 1790. The zero-order valence-corrected chi connectivity index (χ0v) is 24.0. The van der Waals surface area contributed by atoms with Gasteiger partial charge in [-0.05, 0) is 29.8 Å². The minimum absolute atomic E-state index is 0.00830. The highest BCUT2D eigenvalue weighted by Crippen LogP contribution is 2.46. The molecule has 0 saturated carbocycles. The molecule has 2 aliphatic rings. The second-order valence-electron chi connectivity index (χ2n) is 9.73. The first-order valence-electron chi connectivity index (χ1n) is 13.0. The summed E-state index contributed by atoms with van der Waals surface area (Å²) >= 11 is 1.07. The van der Waals surface area contributed by atoms with E-state index in [2.05, 4.69) is 20.6 Å². The summed E-state index contributed by atoms with van der Waals surface area (Å²) in [5.41, 5.74) is -2.67. The normalized spacial score (nSPS) is 19.9. The Morgan fingerprint density at radius 2 is 1.93 bits per heavy atom. The number of carbonyl (C=O) groups excluding carboxylic acids is 4. The third kappa shape index (κ3) is 5.24. The van der Waals surface area contributed by atoms with Gasteiger partial charge in [-0.15, -0.1) is 11.8 Å². The monoisotopic (exact) mass is 623 g/mol. The summed E-state index contributed by atoms with van der Waals surface area (Å²) in [6, 6.07) is 7.00. The lowest BCUT2D eigenvalue weighted by Gasteiger charge is -2.56. The number of amides is 3. The minimum Gasteiger partial charge on any atom is -0.508 e.